The second-order valence-electron chi connectivity index (χ2n) is 8.84. The van der Waals surface area contributed by atoms with Gasteiger partial charge in [0.2, 0.25) is 0 Å². The first-order valence-electron chi connectivity index (χ1n) is 11.7. The molecule has 2 aliphatic heterocycles. The third-order valence-electron chi connectivity index (χ3n) is 6.65. The van der Waals surface area contributed by atoms with Crippen molar-refractivity contribution in [2.24, 2.45) is 0 Å². The highest BCUT2D eigenvalue weighted by Crippen LogP contribution is 2.31. The molecular formula is C26H31ClFN3O4. The van der Waals surface area contributed by atoms with E-state index < -0.39 is 6.10 Å². The average Bonchev–Trinajstić information content (AvgIpc) is 2.87. The number of piperidine rings is 1. The van der Waals surface area contributed by atoms with Crippen LogP contribution in [0.15, 0.2) is 42.6 Å². The first-order valence-corrected chi connectivity index (χ1v) is 11.7. The van der Waals surface area contributed by atoms with Gasteiger partial charge in [-0.05, 0) is 55.3 Å². The maximum Gasteiger partial charge on any atom is 0.161 e. The summed E-state index contributed by atoms with van der Waals surface area (Å²) in [5, 5.41) is 15.0. The number of pyridine rings is 1. The number of likely N-dealkylation sites (tertiary alicyclic amines) is 1. The summed E-state index contributed by atoms with van der Waals surface area (Å²) in [6, 6.07) is 11.5. The number of methoxy groups -OCH3 is 1. The molecule has 1 saturated heterocycles. The molecule has 3 aromatic rings. The molecule has 0 bridgehead atoms. The summed E-state index contributed by atoms with van der Waals surface area (Å²) in [6.45, 7) is 3.84. The van der Waals surface area contributed by atoms with Gasteiger partial charge in [-0.25, -0.2) is 4.39 Å². The van der Waals surface area contributed by atoms with Crippen molar-refractivity contribution in [3.05, 3.63) is 59.5 Å². The Morgan fingerprint density at radius 1 is 1.17 bits per heavy atom. The Balaban J connectivity index is 0.00000289. The van der Waals surface area contributed by atoms with Gasteiger partial charge < -0.3 is 29.5 Å². The van der Waals surface area contributed by atoms with Crippen molar-refractivity contribution in [2.75, 3.05) is 40.0 Å². The van der Waals surface area contributed by atoms with Crippen LogP contribution < -0.4 is 19.5 Å². The van der Waals surface area contributed by atoms with E-state index in [1.165, 1.54) is 6.20 Å². The van der Waals surface area contributed by atoms with E-state index in [0.29, 0.717) is 50.6 Å². The molecular weight excluding hydrogens is 473 g/mol. The Morgan fingerprint density at radius 2 is 2.00 bits per heavy atom. The molecule has 1 aromatic heterocycles. The molecule has 5 rings (SSSR count). The Hall–Kier alpha value is -2.65. The number of ether oxygens (including phenoxy) is 3. The van der Waals surface area contributed by atoms with Crippen LogP contribution in [0.5, 0.6) is 17.2 Å². The Morgan fingerprint density at radius 3 is 2.80 bits per heavy atom. The molecule has 2 N–H and O–H groups in total. The van der Waals surface area contributed by atoms with E-state index in [-0.39, 0.29) is 24.3 Å². The van der Waals surface area contributed by atoms with Crippen LogP contribution in [0.3, 0.4) is 0 Å². The second-order valence-corrected chi connectivity index (χ2v) is 8.84. The van der Waals surface area contributed by atoms with E-state index in [4.69, 9.17) is 14.2 Å². The molecule has 7 nitrogen and oxygen atoms in total. The minimum Gasteiger partial charge on any atom is -0.497 e. The zero-order chi connectivity index (χ0) is 23.5. The van der Waals surface area contributed by atoms with Gasteiger partial charge in [0.25, 0.3) is 0 Å². The van der Waals surface area contributed by atoms with Gasteiger partial charge in [-0.3, -0.25) is 4.98 Å². The average molecular weight is 504 g/mol. The minimum atomic E-state index is -0.495. The van der Waals surface area contributed by atoms with Gasteiger partial charge in [-0.1, -0.05) is 6.07 Å². The van der Waals surface area contributed by atoms with Crippen molar-refractivity contribution < 1.29 is 23.7 Å². The molecule has 35 heavy (non-hydrogen) atoms. The van der Waals surface area contributed by atoms with Gasteiger partial charge >= 0.3 is 0 Å². The number of nitrogens with one attached hydrogen (secondary N) is 1. The molecule has 0 amide bonds. The number of hydrogen-bond acceptors (Lipinski definition) is 7. The van der Waals surface area contributed by atoms with E-state index in [1.54, 1.807) is 7.11 Å². The number of fused-ring (bicyclic) bond motifs is 2. The topological polar surface area (TPSA) is 76.1 Å². The fourth-order valence-corrected chi connectivity index (χ4v) is 4.74. The van der Waals surface area contributed by atoms with Crippen molar-refractivity contribution in [3.8, 4) is 17.2 Å². The van der Waals surface area contributed by atoms with Crippen LogP contribution in [0.25, 0.3) is 10.9 Å². The van der Waals surface area contributed by atoms with E-state index in [2.05, 4.69) is 15.2 Å². The third kappa shape index (κ3) is 5.78. The number of benzene rings is 2. The fourth-order valence-electron chi connectivity index (χ4n) is 4.74. The number of aliphatic hydroxyl groups excluding tert-OH is 1. The standard InChI is InChI=1S/C26H30FN3O4.ClH/c1-32-18-3-4-22-20(13-18)19(21(27)15-29-22)6-8-30-9-7-23(24(31)16-30)28-14-17-2-5-25-26(12-17)34-11-10-33-25;/h2-5,12-13,15,23-24,28,31H,6-11,14,16H2,1H3;1H. The monoisotopic (exact) mass is 503 g/mol. The molecule has 0 aliphatic carbocycles. The zero-order valence-corrected chi connectivity index (χ0v) is 20.5. The van der Waals surface area contributed by atoms with Crippen LogP contribution in [0.4, 0.5) is 4.39 Å². The largest absolute Gasteiger partial charge is 0.497 e. The van der Waals surface area contributed by atoms with Gasteiger partial charge in [-0.15, -0.1) is 12.4 Å². The molecule has 9 heteroatoms. The van der Waals surface area contributed by atoms with Crippen molar-refractivity contribution in [2.45, 2.75) is 31.5 Å². The number of β-amino-alcohol motifs (C(OH)–C–C–N with tert-alkyl or cyclic N) is 1. The summed E-state index contributed by atoms with van der Waals surface area (Å²) < 4.78 is 31.2. The highest BCUT2D eigenvalue weighted by Gasteiger charge is 2.27. The highest BCUT2D eigenvalue weighted by atomic mass is 35.5. The van der Waals surface area contributed by atoms with E-state index >= 15 is 0 Å². The fraction of sp³-hybridized carbons (Fsp3) is 0.423. The predicted octanol–water partition coefficient (Wildman–Crippen LogP) is 3.34. The molecule has 2 aliphatic rings. The molecule has 2 aromatic carbocycles. The lowest BCUT2D eigenvalue weighted by Gasteiger charge is -2.36. The predicted molar refractivity (Wildman–Crippen MR) is 134 cm³/mol. The maximum atomic E-state index is 14.6. The van der Waals surface area contributed by atoms with E-state index in [9.17, 15) is 9.50 Å². The van der Waals surface area contributed by atoms with Crippen molar-refractivity contribution >= 4 is 23.3 Å². The summed E-state index contributed by atoms with van der Waals surface area (Å²) in [4.78, 5) is 6.39. The Kier molecular flexibility index (Phi) is 8.28. The number of nitrogens with zero attached hydrogens (tertiary/aromatic N) is 2. The molecule has 2 unspecified atom stereocenters. The molecule has 188 valence electrons. The number of aliphatic hydroxyl groups is 1. The maximum absolute atomic E-state index is 14.6. The number of rotatable bonds is 7. The lowest BCUT2D eigenvalue weighted by Crippen LogP contribution is -2.52. The molecule has 3 heterocycles. The van der Waals surface area contributed by atoms with Crippen LogP contribution in [0, 0.1) is 5.82 Å². The zero-order valence-electron chi connectivity index (χ0n) is 19.7. The minimum absolute atomic E-state index is 0. The van der Waals surface area contributed by atoms with Gasteiger partial charge in [0.15, 0.2) is 11.5 Å². The number of halogens is 2. The van der Waals surface area contributed by atoms with Gasteiger partial charge in [0.1, 0.15) is 24.8 Å². The number of hydrogen-bond donors (Lipinski definition) is 2. The molecule has 0 spiro atoms. The Bertz CT molecular complexity index is 1160. The van der Waals surface area contributed by atoms with Crippen LogP contribution in [0.1, 0.15) is 17.5 Å². The molecule has 1 fully saturated rings. The summed E-state index contributed by atoms with van der Waals surface area (Å²) in [5.41, 5.74) is 2.48. The summed E-state index contributed by atoms with van der Waals surface area (Å²) in [7, 11) is 1.60. The van der Waals surface area contributed by atoms with E-state index in [0.717, 1.165) is 40.9 Å². The first-order chi connectivity index (χ1) is 16.6. The van der Waals surface area contributed by atoms with Crippen molar-refractivity contribution in [1.82, 2.24) is 15.2 Å². The number of aromatic nitrogens is 1. The van der Waals surface area contributed by atoms with Crippen LogP contribution in [-0.2, 0) is 13.0 Å². The van der Waals surface area contributed by atoms with Crippen LogP contribution >= 0.6 is 12.4 Å². The van der Waals surface area contributed by atoms with Gasteiger partial charge in [0, 0.05) is 36.6 Å². The smallest absolute Gasteiger partial charge is 0.161 e. The van der Waals surface area contributed by atoms with Crippen LogP contribution in [-0.4, -0.2) is 67.1 Å². The quantitative estimate of drug-likeness (QED) is 0.512. The van der Waals surface area contributed by atoms with Gasteiger partial charge in [-0.2, -0.15) is 0 Å². The van der Waals surface area contributed by atoms with Gasteiger partial charge in [0.05, 0.1) is 24.9 Å². The second kappa shape index (κ2) is 11.4. The SMILES string of the molecule is COc1ccc2ncc(F)c(CCN3CCC(NCc4ccc5c(c4)OCCO5)C(O)C3)c2c1.Cl. The highest BCUT2D eigenvalue weighted by molar-refractivity contribution is 5.85. The van der Waals surface area contributed by atoms with Crippen molar-refractivity contribution in [3.63, 3.8) is 0 Å². The lowest BCUT2D eigenvalue weighted by molar-refractivity contribution is 0.0404. The molecule has 0 radical (unpaired) electrons. The summed E-state index contributed by atoms with van der Waals surface area (Å²) in [5.74, 6) is 1.92. The molecule has 0 saturated carbocycles. The van der Waals surface area contributed by atoms with Crippen molar-refractivity contribution in [1.29, 1.82) is 0 Å². The Labute approximate surface area is 210 Å². The lowest BCUT2D eigenvalue weighted by atomic mass is 10.00. The third-order valence-corrected chi connectivity index (χ3v) is 6.65. The normalized spacial score (nSPS) is 19.9. The summed E-state index contributed by atoms with van der Waals surface area (Å²) in [6.07, 6.45) is 2.15. The van der Waals surface area contributed by atoms with E-state index in [1.807, 2.05) is 36.4 Å². The first kappa shape index (κ1) is 25.4. The molecule has 2 atom stereocenters. The van der Waals surface area contributed by atoms with Crippen LogP contribution in [0.2, 0.25) is 0 Å². The summed E-state index contributed by atoms with van der Waals surface area (Å²) >= 11 is 0.